The summed E-state index contributed by atoms with van der Waals surface area (Å²) in [6, 6.07) is 4.10. The lowest BCUT2D eigenvalue weighted by Gasteiger charge is -2.26. The molecule has 0 saturated carbocycles. The Bertz CT molecular complexity index is 775. The number of hydrogen-bond acceptors (Lipinski definition) is 5. The Balaban J connectivity index is 1.58. The van der Waals surface area contributed by atoms with Gasteiger partial charge in [0.05, 0.1) is 18.5 Å². The van der Waals surface area contributed by atoms with Crippen LogP contribution in [0.2, 0.25) is 0 Å². The third-order valence-corrected chi connectivity index (χ3v) is 7.06. The van der Waals surface area contributed by atoms with E-state index < -0.39 is 5.41 Å². The minimum atomic E-state index is -0.653. The highest BCUT2D eigenvalue weighted by atomic mass is 32.1. The molecule has 5 nitrogen and oxygen atoms in total. The van der Waals surface area contributed by atoms with Crippen molar-refractivity contribution in [2.75, 3.05) is 13.1 Å². The summed E-state index contributed by atoms with van der Waals surface area (Å²) in [5, 5.41) is 13.3. The lowest BCUT2D eigenvalue weighted by atomic mass is 9.82. The number of carbonyl (C=O) groups excluding carboxylic acids is 2. The standard InChI is InChI=1S/C19H25N3O2S2/c1-13-3-7-25-15(13)10-21-17(23)9-19(5-6-20-12-19)18(24)22-11-16-14(2)4-8-26-16/h3-4,7-8,20H,5-6,9-12H2,1-2H3,(H,21,23)(H,22,24). The lowest BCUT2D eigenvalue weighted by molar-refractivity contribution is -0.135. The van der Waals surface area contributed by atoms with Gasteiger partial charge in [-0.3, -0.25) is 9.59 Å². The number of carbonyl (C=O) groups is 2. The molecule has 1 saturated heterocycles. The number of rotatable bonds is 7. The van der Waals surface area contributed by atoms with Crippen LogP contribution in [0.15, 0.2) is 22.9 Å². The molecule has 2 aromatic rings. The Morgan fingerprint density at radius 1 is 1.08 bits per heavy atom. The fourth-order valence-electron chi connectivity index (χ4n) is 3.24. The number of hydrogen-bond donors (Lipinski definition) is 3. The van der Waals surface area contributed by atoms with Crippen molar-refractivity contribution in [3.05, 3.63) is 43.8 Å². The minimum Gasteiger partial charge on any atom is -0.351 e. The Morgan fingerprint density at radius 3 is 2.19 bits per heavy atom. The first kappa shape index (κ1) is 19.1. The molecule has 7 heteroatoms. The van der Waals surface area contributed by atoms with Crippen LogP contribution >= 0.6 is 22.7 Å². The van der Waals surface area contributed by atoms with Gasteiger partial charge < -0.3 is 16.0 Å². The van der Waals surface area contributed by atoms with E-state index in [0.717, 1.165) is 16.3 Å². The Morgan fingerprint density at radius 2 is 1.69 bits per heavy atom. The van der Waals surface area contributed by atoms with Crippen LogP contribution in [0.5, 0.6) is 0 Å². The van der Waals surface area contributed by atoms with Gasteiger partial charge in [0.15, 0.2) is 0 Å². The van der Waals surface area contributed by atoms with E-state index in [0.29, 0.717) is 26.1 Å². The van der Waals surface area contributed by atoms with Crippen molar-refractivity contribution in [2.24, 2.45) is 5.41 Å². The minimum absolute atomic E-state index is 0.0299. The van der Waals surface area contributed by atoms with Crippen LogP contribution in [0, 0.1) is 19.3 Å². The maximum atomic E-state index is 12.9. The largest absolute Gasteiger partial charge is 0.351 e. The average Bonchev–Trinajstić information content (AvgIpc) is 3.34. The van der Waals surface area contributed by atoms with Crippen molar-refractivity contribution >= 4 is 34.5 Å². The van der Waals surface area contributed by atoms with Crippen LogP contribution in [-0.4, -0.2) is 24.9 Å². The van der Waals surface area contributed by atoms with Crippen molar-refractivity contribution in [3.63, 3.8) is 0 Å². The zero-order valence-corrected chi connectivity index (χ0v) is 16.8. The number of aryl methyl sites for hydroxylation is 2. The molecule has 1 unspecified atom stereocenters. The molecule has 0 radical (unpaired) electrons. The van der Waals surface area contributed by atoms with E-state index in [2.05, 4.69) is 28.1 Å². The predicted molar refractivity (Wildman–Crippen MR) is 106 cm³/mol. The maximum absolute atomic E-state index is 12.9. The molecule has 0 bridgehead atoms. The van der Waals surface area contributed by atoms with Crippen LogP contribution in [0.1, 0.15) is 33.7 Å². The maximum Gasteiger partial charge on any atom is 0.228 e. The lowest BCUT2D eigenvalue weighted by Crippen LogP contribution is -2.45. The molecule has 3 N–H and O–H groups in total. The fourth-order valence-corrected chi connectivity index (χ4v) is 4.93. The summed E-state index contributed by atoms with van der Waals surface area (Å²) in [7, 11) is 0. The van der Waals surface area contributed by atoms with Crippen LogP contribution in [0.25, 0.3) is 0 Å². The van der Waals surface area contributed by atoms with Gasteiger partial charge in [0.2, 0.25) is 11.8 Å². The molecule has 2 aromatic heterocycles. The highest BCUT2D eigenvalue weighted by Gasteiger charge is 2.42. The number of nitrogens with one attached hydrogen (secondary N) is 3. The van der Waals surface area contributed by atoms with Crippen molar-refractivity contribution in [2.45, 2.75) is 39.8 Å². The van der Waals surface area contributed by atoms with Crippen molar-refractivity contribution in [3.8, 4) is 0 Å². The van der Waals surface area contributed by atoms with E-state index in [1.807, 2.05) is 24.6 Å². The van der Waals surface area contributed by atoms with Gasteiger partial charge in [-0.1, -0.05) is 0 Å². The van der Waals surface area contributed by atoms with Gasteiger partial charge in [-0.25, -0.2) is 0 Å². The summed E-state index contributed by atoms with van der Waals surface area (Å²) >= 11 is 3.29. The van der Waals surface area contributed by atoms with E-state index >= 15 is 0 Å². The van der Waals surface area contributed by atoms with Crippen molar-refractivity contribution in [1.82, 2.24) is 16.0 Å². The second kappa shape index (κ2) is 8.33. The average molecular weight is 392 g/mol. The predicted octanol–water partition coefficient (Wildman–Crippen LogP) is 2.73. The molecular formula is C19H25N3O2S2. The molecule has 1 fully saturated rings. The van der Waals surface area contributed by atoms with E-state index in [1.165, 1.54) is 11.1 Å². The Labute approximate surface area is 162 Å². The van der Waals surface area contributed by atoms with E-state index in [-0.39, 0.29) is 18.2 Å². The summed E-state index contributed by atoms with van der Waals surface area (Å²) in [4.78, 5) is 27.7. The number of amides is 2. The van der Waals surface area contributed by atoms with Crippen LogP contribution in [-0.2, 0) is 22.7 Å². The first-order valence-electron chi connectivity index (χ1n) is 8.82. The zero-order valence-electron chi connectivity index (χ0n) is 15.2. The SMILES string of the molecule is Cc1ccsc1CNC(=O)CC1(C(=O)NCc2sccc2C)CCNC1. The summed E-state index contributed by atoms with van der Waals surface area (Å²) in [6.45, 7) is 6.46. The van der Waals surface area contributed by atoms with Crippen LogP contribution < -0.4 is 16.0 Å². The van der Waals surface area contributed by atoms with Crippen molar-refractivity contribution in [1.29, 1.82) is 0 Å². The molecule has 2 amide bonds. The van der Waals surface area contributed by atoms with Gasteiger partial charge >= 0.3 is 0 Å². The molecule has 3 heterocycles. The molecule has 0 aliphatic carbocycles. The summed E-state index contributed by atoms with van der Waals surface area (Å²) in [5.74, 6) is -0.0956. The molecule has 3 rings (SSSR count). The highest BCUT2D eigenvalue weighted by molar-refractivity contribution is 7.10. The topological polar surface area (TPSA) is 70.2 Å². The molecule has 1 aliphatic rings. The fraction of sp³-hybridized carbons (Fsp3) is 0.474. The normalized spacial score (nSPS) is 19.5. The first-order valence-corrected chi connectivity index (χ1v) is 10.6. The van der Waals surface area contributed by atoms with E-state index in [4.69, 9.17) is 0 Å². The zero-order chi connectivity index (χ0) is 18.6. The third-order valence-electron chi connectivity index (χ3n) is 5.02. The molecule has 0 aromatic carbocycles. The second-order valence-corrected chi connectivity index (χ2v) is 8.90. The van der Waals surface area contributed by atoms with E-state index in [1.54, 1.807) is 22.7 Å². The first-order chi connectivity index (χ1) is 12.5. The third kappa shape index (κ3) is 4.34. The van der Waals surface area contributed by atoms with Gasteiger partial charge in [0.1, 0.15) is 0 Å². The number of thiophene rings is 2. The summed E-state index contributed by atoms with van der Waals surface area (Å²) in [5.41, 5.74) is 1.73. The molecular weight excluding hydrogens is 366 g/mol. The Hall–Kier alpha value is -1.70. The Kier molecular flexibility index (Phi) is 6.11. The quantitative estimate of drug-likeness (QED) is 0.680. The van der Waals surface area contributed by atoms with Gasteiger partial charge in [-0.15, -0.1) is 22.7 Å². The highest BCUT2D eigenvalue weighted by Crippen LogP contribution is 2.30. The van der Waals surface area contributed by atoms with Crippen LogP contribution in [0.3, 0.4) is 0 Å². The van der Waals surface area contributed by atoms with Gasteiger partial charge in [0.25, 0.3) is 0 Å². The molecule has 140 valence electrons. The summed E-state index contributed by atoms with van der Waals surface area (Å²) < 4.78 is 0. The van der Waals surface area contributed by atoms with Gasteiger partial charge in [-0.05, 0) is 60.8 Å². The monoisotopic (exact) mass is 391 g/mol. The summed E-state index contributed by atoms with van der Waals surface area (Å²) in [6.07, 6.45) is 0.910. The van der Waals surface area contributed by atoms with E-state index in [9.17, 15) is 9.59 Å². The smallest absolute Gasteiger partial charge is 0.228 e. The van der Waals surface area contributed by atoms with Gasteiger partial charge in [-0.2, -0.15) is 0 Å². The van der Waals surface area contributed by atoms with Gasteiger partial charge in [0, 0.05) is 22.7 Å². The molecule has 0 spiro atoms. The van der Waals surface area contributed by atoms with Crippen molar-refractivity contribution < 1.29 is 9.59 Å². The molecule has 1 atom stereocenters. The molecule has 26 heavy (non-hydrogen) atoms. The second-order valence-electron chi connectivity index (χ2n) is 6.90. The molecule has 1 aliphatic heterocycles. The van der Waals surface area contributed by atoms with Crippen LogP contribution in [0.4, 0.5) is 0 Å².